The molecule has 23 heavy (non-hydrogen) atoms. The van der Waals surface area contributed by atoms with Crippen molar-refractivity contribution in [3.63, 3.8) is 0 Å². The SMILES string of the molecule is COc1ccc(CN2CCN(Cc3ccccc3F)CC2)cn1. The van der Waals surface area contributed by atoms with Crippen LogP contribution in [0.2, 0.25) is 0 Å². The summed E-state index contributed by atoms with van der Waals surface area (Å²) in [5.74, 6) is 0.530. The number of methoxy groups -OCH3 is 1. The van der Waals surface area contributed by atoms with Crippen LogP contribution in [0.1, 0.15) is 11.1 Å². The normalized spacial score (nSPS) is 16.4. The molecule has 122 valence electrons. The van der Waals surface area contributed by atoms with Crippen LogP contribution in [-0.2, 0) is 13.1 Å². The minimum Gasteiger partial charge on any atom is -0.481 e. The quantitative estimate of drug-likeness (QED) is 0.848. The molecule has 0 N–H and O–H groups in total. The average Bonchev–Trinajstić information content (AvgIpc) is 2.59. The van der Waals surface area contributed by atoms with E-state index in [2.05, 4.69) is 20.9 Å². The van der Waals surface area contributed by atoms with Crippen molar-refractivity contribution < 1.29 is 9.13 Å². The fourth-order valence-electron chi connectivity index (χ4n) is 2.86. The molecule has 3 rings (SSSR count). The van der Waals surface area contributed by atoms with Gasteiger partial charge in [0.1, 0.15) is 5.82 Å². The second kappa shape index (κ2) is 7.53. The number of hydrogen-bond acceptors (Lipinski definition) is 4. The number of rotatable bonds is 5. The largest absolute Gasteiger partial charge is 0.481 e. The maximum absolute atomic E-state index is 13.7. The van der Waals surface area contributed by atoms with Crippen molar-refractivity contribution in [1.29, 1.82) is 0 Å². The molecule has 1 aliphatic rings. The van der Waals surface area contributed by atoms with Crippen molar-refractivity contribution >= 4 is 0 Å². The first-order valence-corrected chi connectivity index (χ1v) is 7.91. The number of hydrogen-bond donors (Lipinski definition) is 0. The van der Waals surface area contributed by atoms with Crippen molar-refractivity contribution in [1.82, 2.24) is 14.8 Å². The van der Waals surface area contributed by atoms with E-state index in [0.29, 0.717) is 12.4 Å². The Morgan fingerprint density at radius 2 is 1.70 bits per heavy atom. The van der Waals surface area contributed by atoms with Gasteiger partial charge in [-0.3, -0.25) is 9.80 Å². The van der Waals surface area contributed by atoms with E-state index in [1.807, 2.05) is 24.4 Å². The summed E-state index contributed by atoms with van der Waals surface area (Å²) in [5.41, 5.74) is 1.97. The molecule has 0 unspecified atom stereocenters. The molecule has 0 atom stereocenters. The summed E-state index contributed by atoms with van der Waals surface area (Å²) in [6, 6.07) is 11.0. The zero-order valence-electron chi connectivity index (χ0n) is 13.4. The number of piperazine rings is 1. The van der Waals surface area contributed by atoms with E-state index < -0.39 is 0 Å². The van der Waals surface area contributed by atoms with E-state index in [1.165, 1.54) is 11.6 Å². The van der Waals surface area contributed by atoms with E-state index >= 15 is 0 Å². The fourth-order valence-corrected chi connectivity index (χ4v) is 2.86. The van der Waals surface area contributed by atoms with E-state index in [-0.39, 0.29) is 5.82 Å². The second-order valence-electron chi connectivity index (χ2n) is 5.85. The summed E-state index contributed by atoms with van der Waals surface area (Å²) in [5, 5.41) is 0. The van der Waals surface area contributed by atoms with Crippen LogP contribution in [0.25, 0.3) is 0 Å². The molecule has 5 heteroatoms. The average molecular weight is 315 g/mol. The molecule has 0 radical (unpaired) electrons. The highest BCUT2D eigenvalue weighted by atomic mass is 19.1. The van der Waals surface area contributed by atoms with Crippen LogP contribution in [0.4, 0.5) is 4.39 Å². The summed E-state index contributed by atoms with van der Waals surface area (Å²) in [6.45, 7) is 5.46. The van der Waals surface area contributed by atoms with Gasteiger partial charge in [0.15, 0.2) is 0 Å². The molecule has 0 spiro atoms. The van der Waals surface area contributed by atoms with Gasteiger partial charge >= 0.3 is 0 Å². The van der Waals surface area contributed by atoms with Crippen LogP contribution in [0, 0.1) is 5.82 Å². The molecule has 1 fully saturated rings. The van der Waals surface area contributed by atoms with Gasteiger partial charge in [0, 0.05) is 57.1 Å². The summed E-state index contributed by atoms with van der Waals surface area (Å²) >= 11 is 0. The van der Waals surface area contributed by atoms with E-state index in [9.17, 15) is 4.39 Å². The van der Waals surface area contributed by atoms with Gasteiger partial charge in [-0.05, 0) is 11.6 Å². The first-order valence-electron chi connectivity index (χ1n) is 7.91. The highest BCUT2D eigenvalue weighted by Crippen LogP contribution is 2.14. The minimum absolute atomic E-state index is 0.112. The van der Waals surface area contributed by atoms with Crippen LogP contribution in [0.3, 0.4) is 0 Å². The van der Waals surface area contributed by atoms with Crippen molar-refractivity contribution in [3.8, 4) is 5.88 Å². The molecule has 0 aliphatic carbocycles. The van der Waals surface area contributed by atoms with Crippen molar-refractivity contribution in [2.75, 3.05) is 33.3 Å². The summed E-state index contributed by atoms with van der Waals surface area (Å²) < 4.78 is 18.8. The van der Waals surface area contributed by atoms with Crippen LogP contribution in [-0.4, -0.2) is 48.1 Å². The van der Waals surface area contributed by atoms with Crippen molar-refractivity contribution in [2.24, 2.45) is 0 Å². The Morgan fingerprint density at radius 1 is 1.00 bits per heavy atom. The van der Waals surface area contributed by atoms with E-state index in [0.717, 1.165) is 38.3 Å². The Labute approximate surface area is 136 Å². The molecule has 1 aromatic heterocycles. The lowest BCUT2D eigenvalue weighted by Gasteiger charge is -2.34. The molecular weight excluding hydrogens is 293 g/mol. The molecule has 0 saturated carbocycles. The zero-order valence-corrected chi connectivity index (χ0v) is 13.4. The molecule has 2 heterocycles. The number of benzene rings is 1. The highest BCUT2D eigenvalue weighted by Gasteiger charge is 2.18. The second-order valence-corrected chi connectivity index (χ2v) is 5.85. The summed E-state index contributed by atoms with van der Waals surface area (Å²) in [4.78, 5) is 8.95. The van der Waals surface area contributed by atoms with Crippen LogP contribution < -0.4 is 4.74 Å². The van der Waals surface area contributed by atoms with E-state index in [1.54, 1.807) is 13.2 Å². The number of ether oxygens (including phenoxy) is 1. The third-order valence-electron chi connectivity index (χ3n) is 4.23. The Morgan fingerprint density at radius 3 is 2.30 bits per heavy atom. The lowest BCUT2D eigenvalue weighted by molar-refractivity contribution is 0.121. The molecule has 2 aromatic rings. The summed E-state index contributed by atoms with van der Waals surface area (Å²) in [7, 11) is 1.62. The number of aromatic nitrogens is 1. The minimum atomic E-state index is -0.112. The zero-order chi connectivity index (χ0) is 16.1. The maximum atomic E-state index is 13.7. The molecule has 0 bridgehead atoms. The first-order chi connectivity index (χ1) is 11.2. The van der Waals surface area contributed by atoms with Gasteiger partial charge in [0.05, 0.1) is 7.11 Å². The smallest absolute Gasteiger partial charge is 0.212 e. The standard InChI is InChI=1S/C18H22FN3O/c1-23-18-7-6-15(12-20-18)13-21-8-10-22(11-9-21)14-16-4-2-3-5-17(16)19/h2-7,12H,8-11,13-14H2,1H3. The van der Waals surface area contributed by atoms with Gasteiger partial charge in [0.25, 0.3) is 0 Å². The van der Waals surface area contributed by atoms with Gasteiger partial charge in [-0.25, -0.2) is 9.37 Å². The van der Waals surface area contributed by atoms with Gasteiger partial charge in [-0.2, -0.15) is 0 Å². The van der Waals surface area contributed by atoms with Crippen LogP contribution in [0.5, 0.6) is 5.88 Å². The molecule has 4 nitrogen and oxygen atoms in total. The number of halogens is 1. The predicted octanol–water partition coefficient (Wildman–Crippen LogP) is 2.55. The topological polar surface area (TPSA) is 28.6 Å². The number of nitrogens with zero attached hydrogens (tertiary/aromatic N) is 3. The molecule has 1 aliphatic heterocycles. The van der Waals surface area contributed by atoms with Crippen molar-refractivity contribution in [2.45, 2.75) is 13.1 Å². The number of pyridine rings is 1. The van der Waals surface area contributed by atoms with E-state index in [4.69, 9.17) is 4.74 Å². The Balaban J connectivity index is 1.49. The summed E-state index contributed by atoms with van der Waals surface area (Å²) in [6.07, 6.45) is 1.87. The van der Waals surface area contributed by atoms with Gasteiger partial charge < -0.3 is 4.74 Å². The Hall–Kier alpha value is -1.98. The molecule has 1 aromatic carbocycles. The van der Waals surface area contributed by atoms with Gasteiger partial charge in [-0.15, -0.1) is 0 Å². The molecule has 1 saturated heterocycles. The van der Waals surface area contributed by atoms with Gasteiger partial charge in [0.2, 0.25) is 5.88 Å². The van der Waals surface area contributed by atoms with Crippen LogP contribution >= 0.6 is 0 Å². The predicted molar refractivity (Wildman–Crippen MR) is 87.7 cm³/mol. The lowest BCUT2D eigenvalue weighted by Crippen LogP contribution is -2.45. The monoisotopic (exact) mass is 315 g/mol. The first kappa shape index (κ1) is 15.9. The maximum Gasteiger partial charge on any atom is 0.212 e. The molecule has 0 amide bonds. The third-order valence-corrected chi connectivity index (χ3v) is 4.23. The van der Waals surface area contributed by atoms with Crippen LogP contribution in [0.15, 0.2) is 42.6 Å². The Bertz CT molecular complexity index is 624. The Kier molecular flexibility index (Phi) is 5.20. The van der Waals surface area contributed by atoms with Crippen molar-refractivity contribution in [3.05, 3.63) is 59.5 Å². The molecular formula is C18H22FN3O. The fraction of sp³-hybridized carbons (Fsp3) is 0.389. The lowest BCUT2D eigenvalue weighted by atomic mass is 10.1. The third kappa shape index (κ3) is 4.27. The van der Waals surface area contributed by atoms with Gasteiger partial charge in [-0.1, -0.05) is 24.3 Å². The highest BCUT2D eigenvalue weighted by molar-refractivity contribution is 5.18.